The molecule has 0 aliphatic heterocycles. The van der Waals surface area contributed by atoms with Crippen LogP contribution < -0.4 is 10.1 Å². The van der Waals surface area contributed by atoms with E-state index in [1.54, 1.807) is 41.8 Å². The Balaban J connectivity index is 1.70. The lowest BCUT2D eigenvalue weighted by Crippen LogP contribution is -2.16. The van der Waals surface area contributed by atoms with Gasteiger partial charge in [-0.25, -0.2) is 4.39 Å². The molecule has 0 saturated carbocycles. The molecular formula is C21H19ClFN5O4S. The second-order valence-electron chi connectivity index (χ2n) is 6.69. The van der Waals surface area contributed by atoms with Gasteiger partial charge in [-0.1, -0.05) is 41.6 Å². The van der Waals surface area contributed by atoms with E-state index in [0.29, 0.717) is 28.3 Å². The molecule has 2 aromatic carbocycles. The Bertz CT molecular complexity index is 1190. The highest BCUT2D eigenvalue weighted by Gasteiger charge is 2.21. The molecule has 3 rings (SSSR count). The van der Waals surface area contributed by atoms with Crippen LogP contribution in [0.1, 0.15) is 18.9 Å². The lowest BCUT2D eigenvalue weighted by molar-refractivity contribution is -0.384. The number of nitro groups is 1. The molecule has 0 saturated heterocycles. The number of rotatable bonds is 10. The molecule has 0 spiro atoms. The van der Waals surface area contributed by atoms with E-state index in [4.69, 9.17) is 16.3 Å². The van der Waals surface area contributed by atoms with Gasteiger partial charge in [0.05, 0.1) is 21.4 Å². The number of hydrogen-bond acceptors (Lipinski definition) is 7. The summed E-state index contributed by atoms with van der Waals surface area (Å²) in [4.78, 5) is 22.5. The maximum Gasteiger partial charge on any atom is 0.271 e. The molecule has 0 fully saturated rings. The molecule has 1 aromatic heterocycles. The number of nitro benzene ring substituents is 1. The number of hydrogen-bond donors (Lipinski definition) is 1. The number of halogens is 2. The molecule has 1 unspecified atom stereocenters. The molecule has 12 heteroatoms. The van der Waals surface area contributed by atoms with Gasteiger partial charge < -0.3 is 10.1 Å². The van der Waals surface area contributed by atoms with E-state index >= 15 is 0 Å². The van der Waals surface area contributed by atoms with Crippen LogP contribution in [0.2, 0.25) is 5.02 Å². The van der Waals surface area contributed by atoms with Crippen LogP contribution in [0.15, 0.2) is 60.3 Å². The van der Waals surface area contributed by atoms with Crippen molar-refractivity contribution in [1.29, 1.82) is 0 Å². The highest BCUT2D eigenvalue weighted by atomic mass is 35.5. The summed E-state index contributed by atoms with van der Waals surface area (Å²) in [6.07, 6.45) is 1.15. The van der Waals surface area contributed by atoms with Crippen molar-refractivity contribution in [1.82, 2.24) is 14.8 Å². The highest BCUT2D eigenvalue weighted by molar-refractivity contribution is 7.99. The van der Waals surface area contributed by atoms with Crippen molar-refractivity contribution in [3.63, 3.8) is 0 Å². The summed E-state index contributed by atoms with van der Waals surface area (Å²) >= 11 is 7.22. The van der Waals surface area contributed by atoms with E-state index < -0.39 is 22.8 Å². The minimum Gasteiger partial charge on any atom is -0.481 e. The van der Waals surface area contributed by atoms with Gasteiger partial charge in [0.15, 0.2) is 17.1 Å². The lowest BCUT2D eigenvalue weighted by Gasteiger charge is -2.16. The molecule has 33 heavy (non-hydrogen) atoms. The van der Waals surface area contributed by atoms with Crippen molar-refractivity contribution in [2.75, 3.05) is 11.1 Å². The van der Waals surface area contributed by atoms with E-state index in [0.717, 1.165) is 30.0 Å². The Labute approximate surface area is 197 Å². The number of non-ortho nitro benzene ring substituents is 1. The van der Waals surface area contributed by atoms with Crippen molar-refractivity contribution in [3.8, 4) is 5.75 Å². The fraction of sp³-hybridized carbons (Fsp3) is 0.190. The first kappa shape index (κ1) is 24.2. The summed E-state index contributed by atoms with van der Waals surface area (Å²) in [6.45, 7) is 5.89. The number of ether oxygens (including phenoxy) is 1. The second-order valence-corrected chi connectivity index (χ2v) is 8.04. The zero-order valence-corrected chi connectivity index (χ0v) is 19.0. The molecule has 1 atom stereocenters. The predicted octanol–water partition coefficient (Wildman–Crippen LogP) is 5.04. The van der Waals surface area contributed by atoms with Crippen LogP contribution in [0, 0.1) is 15.9 Å². The SMILES string of the molecule is C=CCn1c(SCC(=O)Nc2cc([N+](=O)[O-])ccc2F)nnc1C(C)Oc1ccccc1Cl. The Morgan fingerprint density at radius 1 is 1.39 bits per heavy atom. The third-order valence-corrected chi connectivity index (χ3v) is 5.61. The normalized spacial score (nSPS) is 11.6. The van der Waals surface area contributed by atoms with E-state index in [-0.39, 0.29) is 17.1 Å². The van der Waals surface area contributed by atoms with Crippen LogP contribution >= 0.6 is 23.4 Å². The maximum atomic E-state index is 13.9. The maximum absolute atomic E-state index is 13.9. The first-order chi connectivity index (χ1) is 15.8. The first-order valence-electron chi connectivity index (χ1n) is 9.62. The third kappa shape index (κ3) is 6.08. The number of para-hydroxylation sites is 1. The Morgan fingerprint density at radius 2 is 2.15 bits per heavy atom. The number of amides is 1. The molecule has 0 aliphatic carbocycles. The molecule has 1 amide bonds. The molecular weight excluding hydrogens is 473 g/mol. The van der Waals surface area contributed by atoms with Gasteiger partial charge in [0.25, 0.3) is 5.69 Å². The van der Waals surface area contributed by atoms with Gasteiger partial charge in [0.1, 0.15) is 11.6 Å². The smallest absolute Gasteiger partial charge is 0.271 e. The van der Waals surface area contributed by atoms with Gasteiger partial charge in [0.2, 0.25) is 5.91 Å². The number of nitrogens with one attached hydrogen (secondary N) is 1. The number of anilines is 1. The van der Waals surface area contributed by atoms with Crippen molar-refractivity contribution >= 4 is 40.6 Å². The van der Waals surface area contributed by atoms with Gasteiger partial charge in [-0.3, -0.25) is 19.5 Å². The molecule has 0 radical (unpaired) electrons. The monoisotopic (exact) mass is 491 g/mol. The molecule has 1 heterocycles. The van der Waals surface area contributed by atoms with Gasteiger partial charge in [-0.2, -0.15) is 0 Å². The van der Waals surface area contributed by atoms with Gasteiger partial charge in [-0.15, -0.1) is 16.8 Å². The first-order valence-corrected chi connectivity index (χ1v) is 11.0. The average Bonchev–Trinajstić information content (AvgIpc) is 3.18. The van der Waals surface area contributed by atoms with E-state index in [1.165, 1.54) is 0 Å². The van der Waals surface area contributed by atoms with Gasteiger partial charge in [-0.05, 0) is 25.1 Å². The quantitative estimate of drug-likeness (QED) is 0.183. The number of carbonyl (C=O) groups excluding carboxylic acids is 1. The third-order valence-electron chi connectivity index (χ3n) is 4.33. The summed E-state index contributed by atoms with van der Waals surface area (Å²) in [5.41, 5.74) is -0.605. The molecule has 0 aliphatic rings. The fourth-order valence-corrected chi connectivity index (χ4v) is 3.77. The highest BCUT2D eigenvalue weighted by Crippen LogP contribution is 2.29. The van der Waals surface area contributed by atoms with Crippen LogP contribution in [0.3, 0.4) is 0 Å². The average molecular weight is 492 g/mol. The van der Waals surface area contributed by atoms with Crippen LogP contribution in [0.25, 0.3) is 0 Å². The van der Waals surface area contributed by atoms with Crippen LogP contribution in [0.4, 0.5) is 15.8 Å². The summed E-state index contributed by atoms with van der Waals surface area (Å²) < 4.78 is 21.6. The Kier molecular flexibility index (Phi) is 8.01. The van der Waals surface area contributed by atoms with Crippen LogP contribution in [-0.2, 0) is 11.3 Å². The van der Waals surface area contributed by atoms with E-state index in [2.05, 4.69) is 22.1 Å². The molecule has 9 nitrogen and oxygen atoms in total. The number of carbonyl (C=O) groups is 1. The minimum absolute atomic E-state index is 0.128. The standard InChI is InChI=1S/C21H19ClFN5O4S/c1-3-10-27-20(13(2)32-18-7-5-4-6-15(18)22)25-26-21(27)33-12-19(29)24-17-11-14(28(30)31)8-9-16(17)23/h3-9,11,13H,1,10,12H2,2H3,(H,24,29). The largest absolute Gasteiger partial charge is 0.481 e. The summed E-state index contributed by atoms with van der Waals surface area (Å²) in [5, 5.41) is 22.4. The number of nitrogens with zero attached hydrogens (tertiary/aromatic N) is 4. The molecule has 0 bridgehead atoms. The van der Waals surface area contributed by atoms with E-state index in [9.17, 15) is 19.3 Å². The Hall–Kier alpha value is -3.44. The molecule has 3 aromatic rings. The molecule has 1 N–H and O–H groups in total. The van der Waals surface area contributed by atoms with Crippen LogP contribution in [-0.4, -0.2) is 31.3 Å². The number of thioether (sulfide) groups is 1. The van der Waals surface area contributed by atoms with Crippen LogP contribution in [0.5, 0.6) is 5.75 Å². The minimum atomic E-state index is -0.776. The van der Waals surface area contributed by atoms with Crippen molar-refractivity contribution < 1.29 is 18.8 Å². The predicted molar refractivity (Wildman–Crippen MR) is 123 cm³/mol. The second kappa shape index (κ2) is 10.9. The number of allylic oxidation sites excluding steroid dienone is 1. The summed E-state index contributed by atoms with van der Waals surface area (Å²) in [7, 11) is 0. The lowest BCUT2D eigenvalue weighted by atomic mass is 10.2. The molecule has 172 valence electrons. The zero-order valence-electron chi connectivity index (χ0n) is 17.4. The Morgan fingerprint density at radius 3 is 2.85 bits per heavy atom. The van der Waals surface area contributed by atoms with Crippen molar-refractivity contribution in [2.45, 2.75) is 24.7 Å². The topological polar surface area (TPSA) is 112 Å². The van der Waals surface area contributed by atoms with Gasteiger partial charge in [0, 0.05) is 18.7 Å². The van der Waals surface area contributed by atoms with Crippen molar-refractivity contribution in [3.05, 3.63) is 81.9 Å². The fourth-order valence-electron chi connectivity index (χ4n) is 2.83. The van der Waals surface area contributed by atoms with Crippen molar-refractivity contribution in [2.24, 2.45) is 0 Å². The number of benzene rings is 2. The zero-order chi connectivity index (χ0) is 24.0. The number of aromatic nitrogens is 3. The summed E-state index contributed by atoms with van der Waals surface area (Å²) in [6, 6.07) is 9.94. The van der Waals surface area contributed by atoms with Gasteiger partial charge >= 0.3 is 0 Å². The van der Waals surface area contributed by atoms with E-state index in [1.807, 2.05) is 0 Å². The summed E-state index contributed by atoms with van der Waals surface area (Å²) in [5.74, 6) is -0.470.